The van der Waals surface area contributed by atoms with Crippen LogP contribution in [-0.4, -0.2) is 30.9 Å². The number of aryl methyl sites for hydroxylation is 1. The van der Waals surface area contributed by atoms with Crippen LogP contribution >= 0.6 is 0 Å². The number of aromatic nitrogens is 4. The van der Waals surface area contributed by atoms with Crippen LogP contribution in [0.5, 0.6) is 0 Å². The van der Waals surface area contributed by atoms with Gasteiger partial charge in [-0.2, -0.15) is 0 Å². The van der Waals surface area contributed by atoms with E-state index >= 15 is 0 Å². The van der Waals surface area contributed by atoms with Gasteiger partial charge in [0.05, 0.1) is 44.9 Å². The quantitative estimate of drug-likeness (QED) is 0.124. The fourth-order valence-corrected chi connectivity index (χ4v) is 10.0. The molecule has 0 saturated carbocycles. The second-order valence-electron chi connectivity index (χ2n) is 20.4. The Labute approximate surface area is 432 Å². The predicted molar refractivity (Wildman–Crippen MR) is 312 cm³/mol. The molecule has 1 N–H and O–H groups in total. The van der Waals surface area contributed by atoms with Crippen LogP contribution in [0.2, 0.25) is 0 Å². The number of nitrogens with zero attached hydrogens (tertiary/aromatic N) is 5. The number of aliphatic imine (C=N–C) groups is 2. The monoisotopic (exact) mass is 957 g/mol. The molecule has 0 radical (unpaired) electrons. The topological polar surface area (TPSA) is 71.2 Å². The maximum Gasteiger partial charge on any atom is 0.155 e. The van der Waals surface area contributed by atoms with Gasteiger partial charge in [-0.15, -0.1) is 0 Å². The zero-order chi connectivity index (χ0) is 51.3. The average Bonchev–Trinajstić information content (AvgIpc) is 4.02. The maximum absolute atomic E-state index is 5.27. The SMILES string of the molecule is CC(=Nc1c(C(C)C)cccc1C(C)C)c1nc2c(-c3ccccc3)ccc(-c3ccccc3)c2[nH]1.CC(=Nc1c(C(C)C)cccc1C(C)C)c1nc2c(-c3ccccc3)ccc(-c3ccccc3)c2n1C. The summed E-state index contributed by atoms with van der Waals surface area (Å²) in [6.45, 7) is 22.0. The van der Waals surface area contributed by atoms with Crippen molar-refractivity contribution in [2.45, 2.75) is 92.9 Å². The molecular formula is C67H68N6. The molecule has 10 aromatic rings. The first-order valence-electron chi connectivity index (χ1n) is 25.9. The summed E-state index contributed by atoms with van der Waals surface area (Å²) in [5, 5.41) is 0. The molecule has 0 atom stereocenters. The van der Waals surface area contributed by atoms with Crippen molar-refractivity contribution in [1.82, 2.24) is 19.5 Å². The highest BCUT2D eigenvalue weighted by Crippen LogP contribution is 2.40. The molecule has 0 saturated heterocycles. The molecule has 6 nitrogen and oxygen atoms in total. The lowest BCUT2D eigenvalue weighted by atomic mass is 9.93. The van der Waals surface area contributed by atoms with Crippen molar-refractivity contribution in [2.75, 3.05) is 0 Å². The molecular weight excluding hydrogens is 889 g/mol. The number of para-hydroxylation sites is 2. The molecule has 0 aliphatic rings. The number of hydrogen-bond acceptors (Lipinski definition) is 4. The van der Waals surface area contributed by atoms with Gasteiger partial charge in [0.15, 0.2) is 11.6 Å². The van der Waals surface area contributed by atoms with Gasteiger partial charge in [0.1, 0.15) is 0 Å². The van der Waals surface area contributed by atoms with E-state index in [-0.39, 0.29) is 0 Å². The van der Waals surface area contributed by atoms with E-state index in [2.05, 4.69) is 256 Å². The Morgan fingerprint density at radius 2 is 0.753 bits per heavy atom. The molecule has 73 heavy (non-hydrogen) atoms. The first-order chi connectivity index (χ1) is 35.3. The molecule has 0 amide bonds. The number of imidazole rings is 2. The third kappa shape index (κ3) is 10.4. The van der Waals surface area contributed by atoms with Gasteiger partial charge in [0.25, 0.3) is 0 Å². The minimum atomic E-state index is 0.389. The smallest absolute Gasteiger partial charge is 0.155 e. The highest BCUT2D eigenvalue weighted by molar-refractivity contribution is 6.08. The van der Waals surface area contributed by atoms with E-state index < -0.39 is 0 Å². The summed E-state index contributed by atoms with van der Waals surface area (Å²) in [6, 6.07) is 64.0. The fourth-order valence-electron chi connectivity index (χ4n) is 10.0. The van der Waals surface area contributed by atoms with Crippen LogP contribution < -0.4 is 0 Å². The van der Waals surface area contributed by atoms with Crippen LogP contribution in [0.4, 0.5) is 11.4 Å². The van der Waals surface area contributed by atoms with Gasteiger partial charge in [-0.1, -0.05) is 237 Å². The molecule has 366 valence electrons. The summed E-state index contributed by atoms with van der Waals surface area (Å²) in [6.07, 6.45) is 0. The molecule has 2 heterocycles. The van der Waals surface area contributed by atoms with E-state index in [4.69, 9.17) is 20.0 Å². The number of H-pyrrole nitrogens is 1. The zero-order valence-corrected chi connectivity index (χ0v) is 44.4. The lowest BCUT2D eigenvalue weighted by molar-refractivity contribution is 0.834. The van der Waals surface area contributed by atoms with Gasteiger partial charge in [0, 0.05) is 29.3 Å². The summed E-state index contributed by atoms with van der Waals surface area (Å²) in [5.74, 6) is 3.25. The lowest BCUT2D eigenvalue weighted by Gasteiger charge is -2.17. The Balaban J connectivity index is 0.000000180. The van der Waals surface area contributed by atoms with Crippen molar-refractivity contribution in [3.05, 3.63) is 216 Å². The van der Waals surface area contributed by atoms with Gasteiger partial charge in [0.2, 0.25) is 0 Å². The summed E-state index contributed by atoms with van der Waals surface area (Å²) < 4.78 is 2.22. The minimum Gasteiger partial charge on any atom is -0.336 e. The molecule has 0 bridgehead atoms. The van der Waals surface area contributed by atoms with Crippen molar-refractivity contribution < 1.29 is 0 Å². The highest BCUT2D eigenvalue weighted by Gasteiger charge is 2.22. The largest absolute Gasteiger partial charge is 0.336 e. The summed E-state index contributed by atoms with van der Waals surface area (Å²) in [5.41, 5.74) is 22.4. The zero-order valence-electron chi connectivity index (χ0n) is 44.4. The van der Waals surface area contributed by atoms with Gasteiger partial charge in [-0.25, -0.2) is 20.0 Å². The van der Waals surface area contributed by atoms with E-state index in [0.717, 1.165) is 78.8 Å². The normalized spacial score (nSPS) is 12.2. The first kappa shape index (κ1) is 50.0. The van der Waals surface area contributed by atoms with Crippen LogP contribution in [-0.2, 0) is 7.05 Å². The van der Waals surface area contributed by atoms with Crippen LogP contribution in [0.15, 0.2) is 192 Å². The maximum atomic E-state index is 5.27. The molecule has 6 heteroatoms. The number of rotatable bonds is 12. The van der Waals surface area contributed by atoms with E-state index in [0.29, 0.717) is 23.7 Å². The van der Waals surface area contributed by atoms with E-state index in [1.54, 1.807) is 0 Å². The number of nitrogens with one attached hydrogen (secondary N) is 1. The molecule has 8 aromatic carbocycles. The van der Waals surface area contributed by atoms with Crippen molar-refractivity contribution in [2.24, 2.45) is 17.0 Å². The van der Waals surface area contributed by atoms with Gasteiger partial charge in [-0.05, 0) is 82.0 Å². The average molecular weight is 957 g/mol. The van der Waals surface area contributed by atoms with Crippen molar-refractivity contribution in [1.29, 1.82) is 0 Å². The highest BCUT2D eigenvalue weighted by atomic mass is 15.1. The second kappa shape index (κ2) is 21.8. The third-order valence-electron chi connectivity index (χ3n) is 13.9. The molecule has 0 unspecified atom stereocenters. The summed E-state index contributed by atoms with van der Waals surface area (Å²) >= 11 is 0. The summed E-state index contributed by atoms with van der Waals surface area (Å²) in [4.78, 5) is 24.5. The number of hydrogen-bond donors (Lipinski definition) is 1. The van der Waals surface area contributed by atoms with Crippen molar-refractivity contribution in [3.63, 3.8) is 0 Å². The molecule has 2 aromatic heterocycles. The van der Waals surface area contributed by atoms with Crippen LogP contribution in [0.1, 0.15) is 127 Å². The molecule has 0 spiro atoms. The van der Waals surface area contributed by atoms with Gasteiger partial charge in [-0.3, -0.25) is 0 Å². The van der Waals surface area contributed by atoms with E-state index in [1.807, 2.05) is 12.1 Å². The van der Waals surface area contributed by atoms with E-state index in [9.17, 15) is 0 Å². The van der Waals surface area contributed by atoms with Gasteiger partial charge < -0.3 is 9.55 Å². The van der Waals surface area contributed by atoms with Crippen LogP contribution in [0.25, 0.3) is 66.6 Å². The Kier molecular flexibility index (Phi) is 14.9. The van der Waals surface area contributed by atoms with Crippen LogP contribution in [0.3, 0.4) is 0 Å². The Bertz CT molecular complexity index is 3450. The molecule has 0 aliphatic heterocycles. The Hall–Kier alpha value is -7.96. The Morgan fingerprint density at radius 1 is 0.397 bits per heavy atom. The van der Waals surface area contributed by atoms with Gasteiger partial charge >= 0.3 is 0 Å². The van der Waals surface area contributed by atoms with Crippen molar-refractivity contribution in [3.8, 4) is 44.5 Å². The standard InChI is InChI=1S/C34H35N3.C33H33N3/c1-22(2)27-18-13-19-28(23(3)4)31(27)35-24(5)34-36-32-29(25-14-9-7-10-15-25)20-21-30(33(32)37(34)6)26-16-11-8-12-17-26;1-21(2)26-17-12-18-27(22(3)4)30(26)34-23(5)33-35-31-28(24-13-8-6-9-14-24)19-20-29(32(31)36-33)25-15-10-7-11-16-25/h7-23H,1-6H3;6-22H,1-5H3,(H,35,36). The first-order valence-corrected chi connectivity index (χ1v) is 25.9. The number of benzene rings is 8. The Morgan fingerprint density at radius 3 is 1.18 bits per heavy atom. The predicted octanol–water partition coefficient (Wildman–Crippen LogP) is 18.6. The number of aromatic amines is 1. The summed E-state index contributed by atoms with van der Waals surface area (Å²) in [7, 11) is 2.11. The lowest BCUT2D eigenvalue weighted by Crippen LogP contribution is -2.06. The van der Waals surface area contributed by atoms with E-state index in [1.165, 1.54) is 44.5 Å². The molecule has 10 rings (SSSR count). The molecule has 0 aliphatic carbocycles. The molecule has 0 fully saturated rings. The van der Waals surface area contributed by atoms with Crippen molar-refractivity contribution >= 4 is 44.9 Å². The minimum absolute atomic E-state index is 0.389. The third-order valence-corrected chi connectivity index (χ3v) is 13.9. The fraction of sp³-hybridized carbons (Fsp3) is 0.224. The second-order valence-corrected chi connectivity index (χ2v) is 20.4. The number of fused-ring (bicyclic) bond motifs is 2. The van der Waals surface area contributed by atoms with Crippen LogP contribution in [0, 0.1) is 0 Å².